The van der Waals surface area contributed by atoms with Crippen molar-refractivity contribution >= 4 is 11.6 Å². The van der Waals surface area contributed by atoms with Crippen LogP contribution in [0.1, 0.15) is 28.3 Å². The minimum Gasteiger partial charge on any atom is -0.496 e. The first kappa shape index (κ1) is 15.9. The molecule has 0 bridgehead atoms. The summed E-state index contributed by atoms with van der Waals surface area (Å²) >= 11 is 5.95. The molecule has 0 aliphatic heterocycles. The number of likely N-dealkylation sites (N-methyl/N-ethyl adjacent to an activating group) is 1. The predicted octanol–water partition coefficient (Wildman–Crippen LogP) is 4.47. The van der Waals surface area contributed by atoms with Gasteiger partial charge in [0.25, 0.3) is 0 Å². The fourth-order valence-corrected chi connectivity index (χ4v) is 2.76. The molecule has 3 heteroatoms. The molecular formula is C18H22ClNO. The molecule has 21 heavy (non-hydrogen) atoms. The van der Waals surface area contributed by atoms with E-state index in [2.05, 4.69) is 43.4 Å². The number of nitrogens with one attached hydrogen (secondary N) is 1. The normalized spacial score (nSPS) is 12.2. The third kappa shape index (κ3) is 3.78. The molecule has 0 spiro atoms. The van der Waals surface area contributed by atoms with Crippen LogP contribution in [-0.4, -0.2) is 14.2 Å². The fraction of sp³-hybridized carbons (Fsp3) is 0.333. The third-order valence-electron chi connectivity index (χ3n) is 3.86. The van der Waals surface area contributed by atoms with E-state index >= 15 is 0 Å². The first-order valence-electron chi connectivity index (χ1n) is 7.12. The minimum absolute atomic E-state index is 0.274. The first-order chi connectivity index (χ1) is 10.0. The molecule has 2 rings (SSSR count). The molecule has 0 saturated heterocycles. The summed E-state index contributed by atoms with van der Waals surface area (Å²) in [5, 5.41) is 4.19. The number of methoxy groups -OCH3 is 1. The summed E-state index contributed by atoms with van der Waals surface area (Å²) < 4.78 is 5.39. The quantitative estimate of drug-likeness (QED) is 0.880. The minimum atomic E-state index is 0.274. The molecule has 0 fully saturated rings. The van der Waals surface area contributed by atoms with E-state index in [9.17, 15) is 0 Å². The van der Waals surface area contributed by atoms with Crippen LogP contribution in [0.15, 0.2) is 36.4 Å². The molecule has 1 atom stereocenters. The second-order valence-electron chi connectivity index (χ2n) is 5.35. The van der Waals surface area contributed by atoms with E-state index in [4.69, 9.17) is 16.3 Å². The van der Waals surface area contributed by atoms with Crippen LogP contribution in [0.2, 0.25) is 5.02 Å². The Hall–Kier alpha value is -1.51. The van der Waals surface area contributed by atoms with E-state index in [1.54, 1.807) is 7.11 Å². The van der Waals surface area contributed by atoms with Crippen LogP contribution in [0, 0.1) is 13.8 Å². The lowest BCUT2D eigenvalue weighted by molar-refractivity contribution is 0.410. The largest absolute Gasteiger partial charge is 0.496 e. The van der Waals surface area contributed by atoms with Gasteiger partial charge < -0.3 is 10.1 Å². The molecule has 0 aliphatic carbocycles. The van der Waals surface area contributed by atoms with E-state index < -0.39 is 0 Å². The van der Waals surface area contributed by atoms with Crippen molar-refractivity contribution < 1.29 is 4.74 Å². The van der Waals surface area contributed by atoms with Crippen molar-refractivity contribution in [3.8, 4) is 5.75 Å². The van der Waals surface area contributed by atoms with Crippen molar-refractivity contribution in [3.63, 3.8) is 0 Å². The highest BCUT2D eigenvalue weighted by Gasteiger charge is 2.15. The lowest BCUT2D eigenvalue weighted by atomic mass is 9.93. The smallest absolute Gasteiger partial charge is 0.122 e. The second-order valence-corrected chi connectivity index (χ2v) is 5.79. The molecular weight excluding hydrogens is 282 g/mol. The van der Waals surface area contributed by atoms with Crippen LogP contribution in [0.25, 0.3) is 0 Å². The number of hydrogen-bond acceptors (Lipinski definition) is 2. The van der Waals surface area contributed by atoms with Gasteiger partial charge in [0, 0.05) is 11.1 Å². The second kappa shape index (κ2) is 6.97. The highest BCUT2D eigenvalue weighted by molar-refractivity contribution is 6.30. The van der Waals surface area contributed by atoms with Crippen LogP contribution in [0.4, 0.5) is 0 Å². The van der Waals surface area contributed by atoms with E-state index in [-0.39, 0.29) is 6.04 Å². The van der Waals surface area contributed by atoms with E-state index in [0.717, 1.165) is 22.8 Å². The van der Waals surface area contributed by atoms with Gasteiger partial charge in [-0.3, -0.25) is 0 Å². The van der Waals surface area contributed by atoms with Crippen LogP contribution < -0.4 is 10.1 Å². The first-order valence-corrected chi connectivity index (χ1v) is 7.49. The van der Waals surface area contributed by atoms with Crippen molar-refractivity contribution in [2.75, 3.05) is 14.2 Å². The van der Waals surface area contributed by atoms with Crippen molar-refractivity contribution in [1.82, 2.24) is 5.32 Å². The molecule has 0 aromatic heterocycles. The zero-order valence-corrected chi connectivity index (χ0v) is 13.8. The zero-order chi connectivity index (χ0) is 15.4. The van der Waals surface area contributed by atoms with Crippen molar-refractivity contribution in [2.45, 2.75) is 26.3 Å². The van der Waals surface area contributed by atoms with Crippen LogP contribution in [0.5, 0.6) is 5.75 Å². The molecule has 0 saturated carbocycles. The van der Waals surface area contributed by atoms with Gasteiger partial charge in [-0.25, -0.2) is 0 Å². The van der Waals surface area contributed by atoms with Gasteiger partial charge in [-0.05, 0) is 67.8 Å². The summed E-state index contributed by atoms with van der Waals surface area (Å²) in [6.07, 6.45) is 0.931. The molecule has 0 heterocycles. The Kier molecular flexibility index (Phi) is 5.27. The Bertz CT molecular complexity index is 607. The maximum Gasteiger partial charge on any atom is 0.122 e. The average molecular weight is 304 g/mol. The van der Waals surface area contributed by atoms with Gasteiger partial charge in [0.15, 0.2) is 0 Å². The van der Waals surface area contributed by atoms with Crippen LogP contribution in [0.3, 0.4) is 0 Å². The van der Waals surface area contributed by atoms with E-state index in [1.807, 2.05) is 19.2 Å². The SMILES string of the molecule is CNC(Cc1ccc(Cl)cc1)c1cc(C)c(OC)cc1C. The summed E-state index contributed by atoms with van der Waals surface area (Å²) in [5.74, 6) is 0.942. The molecule has 2 aromatic carbocycles. The van der Waals surface area contributed by atoms with Gasteiger partial charge in [-0.15, -0.1) is 0 Å². The Balaban J connectivity index is 2.29. The molecule has 2 nitrogen and oxygen atoms in total. The number of aryl methyl sites for hydroxylation is 2. The Morgan fingerprint density at radius 3 is 2.33 bits per heavy atom. The van der Waals surface area contributed by atoms with Crippen LogP contribution >= 0.6 is 11.6 Å². The lowest BCUT2D eigenvalue weighted by Crippen LogP contribution is -2.20. The number of benzene rings is 2. The number of halogens is 1. The van der Waals surface area contributed by atoms with E-state index in [0.29, 0.717) is 0 Å². The summed E-state index contributed by atoms with van der Waals surface area (Å²) in [5.41, 5.74) is 4.98. The zero-order valence-electron chi connectivity index (χ0n) is 13.0. The predicted molar refractivity (Wildman–Crippen MR) is 89.4 cm³/mol. The molecule has 1 unspecified atom stereocenters. The monoisotopic (exact) mass is 303 g/mol. The lowest BCUT2D eigenvalue weighted by Gasteiger charge is -2.21. The average Bonchev–Trinajstić information content (AvgIpc) is 2.49. The van der Waals surface area contributed by atoms with Gasteiger partial charge >= 0.3 is 0 Å². The molecule has 0 radical (unpaired) electrons. The molecule has 112 valence electrons. The van der Waals surface area contributed by atoms with Gasteiger partial charge in [0.05, 0.1) is 7.11 Å². The summed E-state index contributed by atoms with van der Waals surface area (Å²) in [6, 6.07) is 12.6. The van der Waals surface area contributed by atoms with Gasteiger partial charge in [-0.1, -0.05) is 29.8 Å². The molecule has 1 N–H and O–H groups in total. The van der Waals surface area contributed by atoms with Crippen molar-refractivity contribution in [1.29, 1.82) is 0 Å². The highest BCUT2D eigenvalue weighted by Crippen LogP contribution is 2.28. The Morgan fingerprint density at radius 2 is 1.76 bits per heavy atom. The van der Waals surface area contributed by atoms with Crippen molar-refractivity contribution in [3.05, 3.63) is 63.7 Å². The fourth-order valence-electron chi connectivity index (χ4n) is 2.63. The molecule has 0 amide bonds. The summed E-state index contributed by atoms with van der Waals surface area (Å²) in [6.45, 7) is 4.21. The van der Waals surface area contributed by atoms with E-state index in [1.165, 1.54) is 16.7 Å². The molecule has 0 aliphatic rings. The molecule has 2 aromatic rings. The van der Waals surface area contributed by atoms with Gasteiger partial charge in [0.1, 0.15) is 5.75 Å². The maximum absolute atomic E-state index is 5.95. The topological polar surface area (TPSA) is 21.3 Å². The Labute approximate surface area is 132 Å². The number of hydrogen-bond donors (Lipinski definition) is 1. The standard InChI is InChI=1S/C18H22ClNO/c1-12-10-18(21-4)13(2)9-16(12)17(20-3)11-14-5-7-15(19)8-6-14/h5-10,17,20H,11H2,1-4H3. The summed E-state index contributed by atoms with van der Waals surface area (Å²) in [4.78, 5) is 0. The number of ether oxygens (including phenoxy) is 1. The van der Waals surface area contributed by atoms with Crippen LogP contribution in [-0.2, 0) is 6.42 Å². The van der Waals surface area contributed by atoms with Gasteiger partial charge in [0.2, 0.25) is 0 Å². The van der Waals surface area contributed by atoms with Gasteiger partial charge in [-0.2, -0.15) is 0 Å². The maximum atomic E-state index is 5.95. The summed E-state index contributed by atoms with van der Waals surface area (Å²) in [7, 11) is 3.71. The highest BCUT2D eigenvalue weighted by atomic mass is 35.5. The van der Waals surface area contributed by atoms with Crippen molar-refractivity contribution in [2.24, 2.45) is 0 Å². The third-order valence-corrected chi connectivity index (χ3v) is 4.11. The Morgan fingerprint density at radius 1 is 1.10 bits per heavy atom. The number of rotatable bonds is 5.